The zero-order chi connectivity index (χ0) is 18.0. The molecule has 1 heteroatoms. The Morgan fingerprint density at radius 3 is 1.80 bits per heavy atom. The van der Waals surface area contributed by atoms with Crippen molar-refractivity contribution in [3.63, 3.8) is 0 Å². The summed E-state index contributed by atoms with van der Waals surface area (Å²) in [4.78, 5) is 0. The van der Waals surface area contributed by atoms with E-state index in [4.69, 9.17) is 4.42 Å². The maximum atomic E-state index is 6.33. The normalized spacial score (nSPS) is 13.2. The van der Waals surface area contributed by atoms with Crippen LogP contribution in [0.4, 0.5) is 0 Å². The second-order valence-corrected chi connectivity index (χ2v) is 9.19. The summed E-state index contributed by atoms with van der Waals surface area (Å²) in [5.74, 6) is 0. The minimum Gasteiger partial charge on any atom is -0.455 e. The van der Waals surface area contributed by atoms with E-state index in [1.165, 1.54) is 32.7 Å². The molecule has 0 aliphatic carbocycles. The third kappa shape index (κ3) is 2.63. The summed E-state index contributed by atoms with van der Waals surface area (Å²) >= 11 is 0. The van der Waals surface area contributed by atoms with Crippen LogP contribution in [0.2, 0.25) is 0 Å². The third-order valence-electron chi connectivity index (χ3n) is 5.19. The Hall–Kier alpha value is -2.28. The molecule has 0 saturated heterocycles. The quantitative estimate of drug-likeness (QED) is 0.329. The van der Waals surface area contributed by atoms with Gasteiger partial charge in [0.05, 0.1) is 0 Å². The van der Waals surface area contributed by atoms with Crippen molar-refractivity contribution in [3.05, 3.63) is 59.7 Å². The molecule has 3 aromatic carbocycles. The Bertz CT molecular complexity index is 1100. The van der Waals surface area contributed by atoms with Crippen molar-refractivity contribution in [3.8, 4) is 0 Å². The number of furan rings is 1. The second kappa shape index (κ2) is 5.11. The van der Waals surface area contributed by atoms with Crippen molar-refractivity contribution in [2.75, 3.05) is 0 Å². The average Bonchev–Trinajstić information content (AvgIpc) is 2.90. The lowest BCUT2D eigenvalue weighted by molar-refractivity contribution is 0.588. The Labute approximate surface area is 149 Å². The van der Waals surface area contributed by atoms with Gasteiger partial charge in [0.25, 0.3) is 0 Å². The molecule has 128 valence electrons. The average molecular weight is 330 g/mol. The summed E-state index contributed by atoms with van der Waals surface area (Å²) in [6.07, 6.45) is 0. The molecule has 0 aliphatic heterocycles. The smallest absolute Gasteiger partial charge is 0.143 e. The van der Waals surface area contributed by atoms with Gasteiger partial charge in [-0.15, -0.1) is 0 Å². The zero-order valence-electron chi connectivity index (χ0n) is 16.0. The zero-order valence-corrected chi connectivity index (χ0v) is 16.0. The van der Waals surface area contributed by atoms with Crippen molar-refractivity contribution < 1.29 is 4.42 Å². The monoisotopic (exact) mass is 330 g/mol. The van der Waals surface area contributed by atoms with Crippen LogP contribution in [0.25, 0.3) is 32.7 Å². The largest absolute Gasteiger partial charge is 0.455 e. The van der Waals surface area contributed by atoms with Gasteiger partial charge in [0, 0.05) is 16.2 Å². The number of hydrogen-bond donors (Lipinski definition) is 0. The molecule has 0 bridgehead atoms. The maximum Gasteiger partial charge on any atom is 0.143 e. The lowest BCUT2D eigenvalue weighted by atomic mass is 9.85. The Kier molecular flexibility index (Phi) is 3.31. The standard InChI is InChI=1S/C24H26O/c1-23(2,3)16-8-11-18-15(13-16)7-10-20-19-12-9-17(24(4,5)6)14-21(19)25-22(18)20/h7-14H,1-6H3. The van der Waals surface area contributed by atoms with E-state index in [2.05, 4.69) is 90.1 Å². The molecule has 0 unspecified atom stereocenters. The van der Waals surface area contributed by atoms with Crippen LogP contribution >= 0.6 is 0 Å². The third-order valence-corrected chi connectivity index (χ3v) is 5.19. The molecule has 0 aliphatic rings. The van der Waals surface area contributed by atoms with Crippen LogP contribution in [0, 0.1) is 0 Å². The number of fused-ring (bicyclic) bond motifs is 5. The van der Waals surface area contributed by atoms with Gasteiger partial charge >= 0.3 is 0 Å². The second-order valence-electron chi connectivity index (χ2n) is 9.19. The summed E-state index contributed by atoms with van der Waals surface area (Å²) < 4.78 is 6.33. The predicted octanol–water partition coefficient (Wildman–Crippen LogP) is 7.33. The summed E-state index contributed by atoms with van der Waals surface area (Å²) in [5, 5.41) is 4.84. The molecule has 25 heavy (non-hydrogen) atoms. The summed E-state index contributed by atoms with van der Waals surface area (Å²) in [5.41, 5.74) is 4.91. The molecule has 0 atom stereocenters. The van der Waals surface area contributed by atoms with E-state index in [0.717, 1.165) is 11.2 Å². The van der Waals surface area contributed by atoms with Gasteiger partial charge in [-0.3, -0.25) is 0 Å². The van der Waals surface area contributed by atoms with E-state index in [-0.39, 0.29) is 10.8 Å². The minimum absolute atomic E-state index is 0.122. The molecule has 4 rings (SSSR count). The molecule has 4 aromatic rings. The topological polar surface area (TPSA) is 13.1 Å². The van der Waals surface area contributed by atoms with E-state index >= 15 is 0 Å². The molecule has 0 saturated carbocycles. The van der Waals surface area contributed by atoms with Gasteiger partial charge in [-0.1, -0.05) is 77.9 Å². The van der Waals surface area contributed by atoms with Gasteiger partial charge in [-0.2, -0.15) is 0 Å². The van der Waals surface area contributed by atoms with Gasteiger partial charge in [-0.05, 0) is 39.5 Å². The lowest BCUT2D eigenvalue weighted by Crippen LogP contribution is -2.10. The molecule has 0 amide bonds. The number of rotatable bonds is 0. The van der Waals surface area contributed by atoms with Gasteiger partial charge in [0.1, 0.15) is 11.2 Å². The van der Waals surface area contributed by atoms with E-state index in [9.17, 15) is 0 Å². The van der Waals surface area contributed by atoms with Crippen molar-refractivity contribution in [1.29, 1.82) is 0 Å². The fourth-order valence-electron chi connectivity index (χ4n) is 3.50. The summed E-state index contributed by atoms with van der Waals surface area (Å²) in [7, 11) is 0. The van der Waals surface area contributed by atoms with Crippen molar-refractivity contribution in [2.24, 2.45) is 0 Å². The van der Waals surface area contributed by atoms with Crippen LogP contribution in [0.1, 0.15) is 52.7 Å². The molecular formula is C24H26O. The first-order valence-corrected chi connectivity index (χ1v) is 9.04. The summed E-state index contributed by atoms with van der Waals surface area (Å²) in [6, 6.07) is 17.8. The molecule has 1 heterocycles. The first kappa shape index (κ1) is 16.2. The fourth-order valence-corrected chi connectivity index (χ4v) is 3.50. The van der Waals surface area contributed by atoms with Crippen molar-refractivity contribution in [1.82, 2.24) is 0 Å². The number of hydrogen-bond acceptors (Lipinski definition) is 1. The highest BCUT2D eigenvalue weighted by molar-refractivity contribution is 6.15. The van der Waals surface area contributed by atoms with Crippen molar-refractivity contribution in [2.45, 2.75) is 52.4 Å². The highest BCUT2D eigenvalue weighted by atomic mass is 16.3. The van der Waals surface area contributed by atoms with Crippen LogP contribution in [-0.4, -0.2) is 0 Å². The lowest BCUT2D eigenvalue weighted by Gasteiger charge is -2.19. The van der Waals surface area contributed by atoms with Crippen LogP contribution < -0.4 is 0 Å². The van der Waals surface area contributed by atoms with E-state index in [1.807, 2.05) is 0 Å². The van der Waals surface area contributed by atoms with E-state index in [0.29, 0.717) is 0 Å². The minimum atomic E-state index is 0.122. The Morgan fingerprint density at radius 1 is 0.600 bits per heavy atom. The Morgan fingerprint density at radius 2 is 1.16 bits per heavy atom. The molecule has 1 nitrogen and oxygen atoms in total. The first-order valence-electron chi connectivity index (χ1n) is 9.04. The molecule has 0 N–H and O–H groups in total. The molecule has 1 aromatic heterocycles. The van der Waals surface area contributed by atoms with Crippen molar-refractivity contribution >= 4 is 32.7 Å². The molecule has 0 spiro atoms. The molecule has 0 radical (unpaired) electrons. The Balaban J connectivity index is 2.01. The van der Waals surface area contributed by atoms with Gasteiger partial charge in [0.15, 0.2) is 0 Å². The maximum absolute atomic E-state index is 6.33. The van der Waals surface area contributed by atoms with Crippen LogP contribution in [-0.2, 0) is 10.8 Å². The van der Waals surface area contributed by atoms with Gasteiger partial charge in [0.2, 0.25) is 0 Å². The first-order chi connectivity index (χ1) is 11.6. The van der Waals surface area contributed by atoms with Crippen LogP contribution in [0.5, 0.6) is 0 Å². The van der Waals surface area contributed by atoms with E-state index < -0.39 is 0 Å². The van der Waals surface area contributed by atoms with Gasteiger partial charge in [-0.25, -0.2) is 0 Å². The summed E-state index contributed by atoms with van der Waals surface area (Å²) in [6.45, 7) is 13.5. The van der Waals surface area contributed by atoms with E-state index in [1.54, 1.807) is 0 Å². The number of benzene rings is 3. The van der Waals surface area contributed by atoms with Crippen LogP contribution in [0.3, 0.4) is 0 Å². The highest BCUT2D eigenvalue weighted by Crippen LogP contribution is 2.37. The SMILES string of the molecule is CC(C)(C)c1ccc2c(ccc3c4ccc(C(C)(C)C)cc4oc23)c1. The highest BCUT2D eigenvalue weighted by Gasteiger charge is 2.18. The predicted molar refractivity (Wildman–Crippen MR) is 109 cm³/mol. The van der Waals surface area contributed by atoms with Crippen LogP contribution in [0.15, 0.2) is 52.9 Å². The molecular weight excluding hydrogens is 304 g/mol. The fraction of sp³-hybridized carbons (Fsp3) is 0.333. The molecule has 0 fully saturated rings. The van der Waals surface area contributed by atoms with Gasteiger partial charge < -0.3 is 4.42 Å².